The number of anilines is 1. The Kier molecular flexibility index (Phi) is 5.03. The third kappa shape index (κ3) is 4.11. The molecule has 0 aliphatic heterocycles. The van der Waals surface area contributed by atoms with E-state index in [0.29, 0.717) is 30.5 Å². The molecule has 1 aromatic rings. The lowest BCUT2D eigenvalue weighted by Gasteiger charge is -2.04. The Hall–Kier alpha value is -1.86. The summed E-state index contributed by atoms with van der Waals surface area (Å²) in [5.41, 5.74) is 1.15. The predicted octanol–water partition coefficient (Wildman–Crippen LogP) is 1.66. The zero-order valence-electron chi connectivity index (χ0n) is 8.94. The van der Waals surface area contributed by atoms with Gasteiger partial charge in [0.25, 0.3) is 0 Å². The summed E-state index contributed by atoms with van der Waals surface area (Å²) >= 11 is 0. The molecular formula is C12H14N2O2. The summed E-state index contributed by atoms with van der Waals surface area (Å²) in [6.45, 7) is 0.108. The van der Waals surface area contributed by atoms with E-state index in [-0.39, 0.29) is 12.5 Å². The van der Waals surface area contributed by atoms with Gasteiger partial charge in [-0.2, -0.15) is 5.26 Å². The van der Waals surface area contributed by atoms with Crippen molar-refractivity contribution in [2.24, 2.45) is 0 Å². The van der Waals surface area contributed by atoms with Crippen LogP contribution in [0.4, 0.5) is 5.69 Å². The summed E-state index contributed by atoms with van der Waals surface area (Å²) in [5, 5.41) is 20.0. The molecular weight excluding hydrogens is 204 g/mol. The molecule has 4 heteroatoms. The van der Waals surface area contributed by atoms with Crippen LogP contribution in [0, 0.1) is 11.3 Å². The molecule has 0 saturated heterocycles. The first-order valence-electron chi connectivity index (χ1n) is 5.17. The highest BCUT2D eigenvalue weighted by Crippen LogP contribution is 2.10. The molecule has 0 atom stereocenters. The van der Waals surface area contributed by atoms with Crippen LogP contribution in [-0.2, 0) is 4.79 Å². The lowest BCUT2D eigenvalue weighted by atomic mass is 10.2. The molecule has 84 valence electrons. The smallest absolute Gasteiger partial charge is 0.224 e. The highest BCUT2D eigenvalue weighted by molar-refractivity contribution is 5.90. The largest absolute Gasteiger partial charge is 0.396 e. The van der Waals surface area contributed by atoms with Gasteiger partial charge in [-0.05, 0) is 31.0 Å². The maximum Gasteiger partial charge on any atom is 0.224 e. The number of unbranched alkanes of at least 4 members (excludes halogenated alkanes) is 1. The van der Waals surface area contributed by atoms with Gasteiger partial charge in [0.15, 0.2) is 0 Å². The predicted molar refractivity (Wildman–Crippen MR) is 60.7 cm³/mol. The lowest BCUT2D eigenvalue weighted by Crippen LogP contribution is -2.11. The van der Waals surface area contributed by atoms with Crippen LogP contribution in [0.3, 0.4) is 0 Å². The zero-order chi connectivity index (χ0) is 11.8. The second kappa shape index (κ2) is 6.59. The Balaban J connectivity index is 2.47. The van der Waals surface area contributed by atoms with E-state index in [1.54, 1.807) is 24.3 Å². The second-order valence-corrected chi connectivity index (χ2v) is 3.42. The number of carbonyl (C=O) groups excluding carboxylic acids is 1. The van der Waals surface area contributed by atoms with Crippen LogP contribution in [0.15, 0.2) is 24.3 Å². The van der Waals surface area contributed by atoms with Gasteiger partial charge in [-0.1, -0.05) is 6.07 Å². The van der Waals surface area contributed by atoms with Crippen molar-refractivity contribution in [2.75, 3.05) is 11.9 Å². The maximum atomic E-state index is 11.4. The van der Waals surface area contributed by atoms with E-state index in [0.717, 1.165) is 0 Å². The number of amides is 1. The number of benzene rings is 1. The quantitative estimate of drug-likeness (QED) is 0.738. The summed E-state index contributed by atoms with van der Waals surface area (Å²) in [7, 11) is 0. The van der Waals surface area contributed by atoms with Gasteiger partial charge in [0, 0.05) is 18.7 Å². The number of nitrogens with one attached hydrogen (secondary N) is 1. The third-order valence-corrected chi connectivity index (χ3v) is 2.09. The Morgan fingerprint density at radius 3 is 2.94 bits per heavy atom. The third-order valence-electron chi connectivity index (χ3n) is 2.09. The van der Waals surface area contributed by atoms with Crippen LogP contribution in [-0.4, -0.2) is 17.6 Å². The average molecular weight is 218 g/mol. The van der Waals surface area contributed by atoms with E-state index in [2.05, 4.69) is 5.32 Å². The number of aliphatic hydroxyl groups is 1. The van der Waals surface area contributed by atoms with Crippen molar-refractivity contribution in [1.82, 2.24) is 0 Å². The molecule has 0 aliphatic rings. The summed E-state index contributed by atoms with van der Waals surface area (Å²) in [6, 6.07) is 8.78. The van der Waals surface area contributed by atoms with Gasteiger partial charge < -0.3 is 10.4 Å². The average Bonchev–Trinajstić information content (AvgIpc) is 2.29. The van der Waals surface area contributed by atoms with Crippen LogP contribution in [0.2, 0.25) is 0 Å². The van der Waals surface area contributed by atoms with Gasteiger partial charge >= 0.3 is 0 Å². The molecule has 1 aromatic carbocycles. The van der Waals surface area contributed by atoms with Crippen molar-refractivity contribution in [1.29, 1.82) is 5.26 Å². The molecule has 1 amide bonds. The molecule has 2 N–H and O–H groups in total. The van der Waals surface area contributed by atoms with E-state index in [9.17, 15) is 4.79 Å². The number of hydrogen-bond donors (Lipinski definition) is 2. The van der Waals surface area contributed by atoms with Crippen molar-refractivity contribution in [3.63, 3.8) is 0 Å². The fraction of sp³-hybridized carbons (Fsp3) is 0.333. The van der Waals surface area contributed by atoms with E-state index in [1.165, 1.54) is 0 Å². The highest BCUT2D eigenvalue weighted by Gasteiger charge is 2.02. The molecule has 1 rings (SSSR count). The normalized spacial score (nSPS) is 9.50. The minimum Gasteiger partial charge on any atom is -0.396 e. The molecule has 0 spiro atoms. The van der Waals surface area contributed by atoms with Gasteiger partial charge in [-0.25, -0.2) is 0 Å². The molecule has 0 radical (unpaired) electrons. The van der Waals surface area contributed by atoms with Crippen molar-refractivity contribution < 1.29 is 9.90 Å². The van der Waals surface area contributed by atoms with Crippen LogP contribution < -0.4 is 5.32 Å². The van der Waals surface area contributed by atoms with Gasteiger partial charge in [0.2, 0.25) is 5.91 Å². The second-order valence-electron chi connectivity index (χ2n) is 3.42. The fourth-order valence-corrected chi connectivity index (χ4v) is 1.29. The van der Waals surface area contributed by atoms with Crippen molar-refractivity contribution in [2.45, 2.75) is 19.3 Å². The summed E-state index contributed by atoms with van der Waals surface area (Å²) < 4.78 is 0. The molecule has 0 aliphatic carbocycles. The minimum atomic E-state index is -0.0939. The van der Waals surface area contributed by atoms with E-state index >= 15 is 0 Å². The van der Waals surface area contributed by atoms with Crippen LogP contribution in [0.5, 0.6) is 0 Å². The van der Waals surface area contributed by atoms with Gasteiger partial charge in [0.1, 0.15) is 0 Å². The van der Waals surface area contributed by atoms with Gasteiger partial charge in [-0.3, -0.25) is 4.79 Å². The first-order chi connectivity index (χ1) is 7.76. The number of nitriles is 1. The van der Waals surface area contributed by atoms with Crippen molar-refractivity contribution >= 4 is 11.6 Å². The van der Waals surface area contributed by atoms with E-state index in [4.69, 9.17) is 10.4 Å². The Morgan fingerprint density at radius 1 is 1.44 bits per heavy atom. The Bertz CT molecular complexity index is 396. The van der Waals surface area contributed by atoms with Crippen molar-refractivity contribution in [3.05, 3.63) is 29.8 Å². The summed E-state index contributed by atoms with van der Waals surface area (Å²) in [5.74, 6) is -0.0939. The highest BCUT2D eigenvalue weighted by atomic mass is 16.2. The van der Waals surface area contributed by atoms with Gasteiger partial charge in [0.05, 0.1) is 11.6 Å². The van der Waals surface area contributed by atoms with Crippen LogP contribution >= 0.6 is 0 Å². The zero-order valence-corrected chi connectivity index (χ0v) is 8.94. The van der Waals surface area contributed by atoms with Crippen LogP contribution in [0.25, 0.3) is 0 Å². The fourth-order valence-electron chi connectivity index (χ4n) is 1.29. The number of carbonyl (C=O) groups is 1. The standard InChI is InChI=1S/C12H14N2O2/c13-9-10-4-3-5-11(8-10)14-12(16)6-1-2-7-15/h3-5,8,15H,1-2,6-7H2,(H,14,16). The molecule has 0 aromatic heterocycles. The minimum absolute atomic E-state index is 0.0939. The van der Waals surface area contributed by atoms with Crippen molar-refractivity contribution in [3.8, 4) is 6.07 Å². The SMILES string of the molecule is N#Cc1cccc(NC(=O)CCCCO)c1. The molecule has 4 nitrogen and oxygen atoms in total. The van der Waals surface area contributed by atoms with Gasteiger partial charge in [-0.15, -0.1) is 0 Å². The topological polar surface area (TPSA) is 73.1 Å². The monoisotopic (exact) mass is 218 g/mol. The summed E-state index contributed by atoms with van der Waals surface area (Å²) in [6.07, 6.45) is 1.68. The Morgan fingerprint density at radius 2 is 2.25 bits per heavy atom. The van der Waals surface area contributed by atoms with E-state index in [1.807, 2.05) is 6.07 Å². The number of hydrogen-bond acceptors (Lipinski definition) is 3. The maximum absolute atomic E-state index is 11.4. The number of rotatable bonds is 5. The first-order valence-corrected chi connectivity index (χ1v) is 5.17. The Labute approximate surface area is 94.5 Å². The molecule has 0 bridgehead atoms. The molecule has 0 saturated carbocycles. The lowest BCUT2D eigenvalue weighted by molar-refractivity contribution is -0.116. The molecule has 0 fully saturated rings. The van der Waals surface area contributed by atoms with E-state index < -0.39 is 0 Å². The molecule has 0 unspecified atom stereocenters. The molecule has 0 heterocycles. The van der Waals surface area contributed by atoms with Crippen LogP contribution in [0.1, 0.15) is 24.8 Å². The number of nitrogens with zero attached hydrogens (tertiary/aromatic N) is 1. The summed E-state index contributed by atoms with van der Waals surface area (Å²) in [4.78, 5) is 11.4. The number of aliphatic hydroxyl groups excluding tert-OH is 1. The first kappa shape index (κ1) is 12.2. The molecule has 16 heavy (non-hydrogen) atoms.